The molecule has 3 rings (SSSR count). The number of hydrogen-bond donors (Lipinski definition) is 0. The lowest BCUT2D eigenvalue weighted by Gasteiger charge is -2.41. The third kappa shape index (κ3) is 0.674. The van der Waals surface area contributed by atoms with Gasteiger partial charge in [-0.25, -0.2) is 4.21 Å². The van der Waals surface area contributed by atoms with Crippen LogP contribution < -0.4 is 0 Å². The molecule has 1 aliphatic heterocycles. The zero-order valence-electron chi connectivity index (χ0n) is 9.29. The van der Waals surface area contributed by atoms with Gasteiger partial charge in [-0.1, -0.05) is 20.8 Å². The monoisotopic (exact) mass is 214 g/mol. The second kappa shape index (κ2) is 2.12. The molecule has 1 heterocycles. The average molecular weight is 214 g/mol. The summed E-state index contributed by atoms with van der Waals surface area (Å²) in [6.45, 7) is 9.05. The van der Waals surface area contributed by atoms with Crippen LogP contribution >= 0.6 is 0 Å². The molecule has 0 radical (unpaired) electrons. The molecule has 80 valence electrons. The van der Waals surface area contributed by atoms with Gasteiger partial charge in [0.15, 0.2) is 11.1 Å². The van der Waals surface area contributed by atoms with Crippen LogP contribution in [0.5, 0.6) is 0 Å². The molecule has 0 aromatic rings. The van der Waals surface area contributed by atoms with Gasteiger partial charge in [0.05, 0.1) is 10.9 Å². The number of hydrogen-bond acceptors (Lipinski definition) is 2. The second-order valence-corrected chi connectivity index (χ2v) is 7.37. The maximum absolute atomic E-state index is 11.9. The highest BCUT2D eigenvalue weighted by atomic mass is 32.2. The van der Waals surface area contributed by atoms with Crippen molar-refractivity contribution in [1.82, 2.24) is 0 Å². The van der Waals surface area contributed by atoms with Crippen molar-refractivity contribution < 1.29 is 8.39 Å². The minimum absolute atomic E-state index is 0.143. The fourth-order valence-electron chi connectivity index (χ4n) is 4.33. The van der Waals surface area contributed by atoms with Crippen molar-refractivity contribution in [2.75, 3.05) is 0 Å². The molecule has 1 saturated heterocycles. The Balaban J connectivity index is 2.22. The molecule has 3 heteroatoms. The van der Waals surface area contributed by atoms with Gasteiger partial charge in [-0.15, -0.1) is 0 Å². The predicted molar refractivity (Wildman–Crippen MR) is 56.0 cm³/mol. The molecule has 2 bridgehead atoms. The first-order chi connectivity index (χ1) is 6.33. The van der Waals surface area contributed by atoms with Gasteiger partial charge in [-0.3, -0.25) is 4.18 Å². The van der Waals surface area contributed by atoms with E-state index in [2.05, 4.69) is 27.7 Å². The summed E-state index contributed by atoms with van der Waals surface area (Å²) >= 11 is -1.04. The Kier molecular flexibility index (Phi) is 1.42. The summed E-state index contributed by atoms with van der Waals surface area (Å²) < 4.78 is 17.7. The van der Waals surface area contributed by atoms with Crippen LogP contribution in [-0.2, 0) is 15.3 Å². The molecule has 6 unspecified atom stereocenters. The Morgan fingerprint density at radius 2 is 2.00 bits per heavy atom. The molecule has 0 aromatic heterocycles. The van der Waals surface area contributed by atoms with E-state index in [4.69, 9.17) is 4.18 Å². The van der Waals surface area contributed by atoms with Crippen molar-refractivity contribution in [1.29, 1.82) is 0 Å². The number of rotatable bonds is 0. The Labute approximate surface area is 88.1 Å². The predicted octanol–water partition coefficient (Wildman–Crippen LogP) is 2.26. The third-order valence-corrected chi connectivity index (χ3v) is 7.29. The van der Waals surface area contributed by atoms with E-state index in [1.807, 2.05) is 0 Å². The lowest BCUT2D eigenvalue weighted by Crippen LogP contribution is -2.47. The Bertz CT molecular complexity index is 340. The first-order valence-electron chi connectivity index (χ1n) is 5.44. The first-order valence-corrected chi connectivity index (χ1v) is 6.57. The summed E-state index contributed by atoms with van der Waals surface area (Å²) in [6.07, 6.45) is 2.28. The second-order valence-electron chi connectivity index (χ2n) is 6.11. The third-order valence-electron chi connectivity index (χ3n) is 5.63. The van der Waals surface area contributed by atoms with Crippen molar-refractivity contribution in [3.8, 4) is 0 Å². The largest absolute Gasteiger partial charge is 0.283 e. The molecule has 0 spiro atoms. The summed E-state index contributed by atoms with van der Waals surface area (Å²) in [7, 11) is 0. The highest BCUT2D eigenvalue weighted by Crippen LogP contribution is 2.74. The van der Waals surface area contributed by atoms with E-state index in [9.17, 15) is 4.21 Å². The summed E-state index contributed by atoms with van der Waals surface area (Å²) in [6, 6.07) is 0. The first kappa shape index (κ1) is 9.34. The molecule has 3 aliphatic rings. The van der Waals surface area contributed by atoms with Gasteiger partial charge >= 0.3 is 0 Å². The van der Waals surface area contributed by atoms with Crippen LogP contribution in [0, 0.1) is 16.7 Å². The molecule has 0 amide bonds. The zero-order valence-corrected chi connectivity index (χ0v) is 10.1. The summed E-state index contributed by atoms with van der Waals surface area (Å²) in [5.41, 5.74) is 0.377. The normalized spacial score (nSPS) is 70.4. The van der Waals surface area contributed by atoms with E-state index in [-0.39, 0.29) is 16.3 Å². The van der Waals surface area contributed by atoms with E-state index in [0.717, 1.165) is 6.42 Å². The Hall–Kier alpha value is 0.110. The zero-order chi connectivity index (χ0) is 10.4. The SMILES string of the molecule is CC1C2(C)CC3S(=O)OC1(C)C3(C)C2. The minimum Gasteiger partial charge on any atom is -0.283 e. The molecule has 2 nitrogen and oxygen atoms in total. The molecule has 0 N–H and O–H groups in total. The highest BCUT2D eigenvalue weighted by Gasteiger charge is 2.76. The molecular formula is C11H18O2S. The number of fused-ring (bicyclic) bond motifs is 1. The maximum atomic E-state index is 11.9. The average Bonchev–Trinajstić information content (AvgIpc) is 2.48. The fourth-order valence-corrected chi connectivity index (χ4v) is 6.39. The van der Waals surface area contributed by atoms with Gasteiger partial charge in [0.2, 0.25) is 0 Å². The van der Waals surface area contributed by atoms with E-state index in [1.54, 1.807) is 0 Å². The van der Waals surface area contributed by atoms with Crippen molar-refractivity contribution in [3.63, 3.8) is 0 Å². The van der Waals surface area contributed by atoms with Crippen molar-refractivity contribution >= 4 is 11.1 Å². The van der Waals surface area contributed by atoms with Crippen LogP contribution in [0.15, 0.2) is 0 Å². The van der Waals surface area contributed by atoms with Crippen LogP contribution in [-0.4, -0.2) is 15.1 Å². The Morgan fingerprint density at radius 1 is 1.36 bits per heavy atom. The van der Waals surface area contributed by atoms with E-state index in [1.165, 1.54) is 6.42 Å². The van der Waals surface area contributed by atoms with Gasteiger partial charge in [-0.2, -0.15) is 0 Å². The highest BCUT2D eigenvalue weighted by molar-refractivity contribution is 7.81. The summed E-state index contributed by atoms with van der Waals surface area (Å²) in [5, 5.41) is 0.286. The standard InChI is InChI=1S/C11H18O2S/c1-7-9(2)5-8-10(3,6-9)11(7,4)13-14(8)12/h7-8H,5-6H2,1-4H3. The van der Waals surface area contributed by atoms with Crippen LogP contribution in [0.2, 0.25) is 0 Å². The smallest absolute Gasteiger partial charge is 0.159 e. The van der Waals surface area contributed by atoms with E-state index < -0.39 is 11.1 Å². The molecule has 0 aromatic carbocycles. The maximum Gasteiger partial charge on any atom is 0.159 e. The lowest BCUT2D eigenvalue weighted by molar-refractivity contribution is -0.0277. The summed E-state index contributed by atoms with van der Waals surface area (Å²) in [5.74, 6) is 0.530. The molecule has 2 aliphatic carbocycles. The van der Waals surface area contributed by atoms with Crippen molar-refractivity contribution in [2.24, 2.45) is 16.7 Å². The molecule has 2 saturated carbocycles. The van der Waals surface area contributed by atoms with Gasteiger partial charge in [0.1, 0.15) is 0 Å². The minimum atomic E-state index is -1.04. The van der Waals surface area contributed by atoms with Crippen molar-refractivity contribution in [2.45, 2.75) is 51.4 Å². The fraction of sp³-hybridized carbons (Fsp3) is 1.00. The van der Waals surface area contributed by atoms with Crippen LogP contribution in [0.3, 0.4) is 0 Å². The lowest BCUT2D eigenvalue weighted by atomic mass is 9.66. The van der Waals surface area contributed by atoms with Crippen LogP contribution in [0.1, 0.15) is 40.5 Å². The molecular weight excluding hydrogens is 196 g/mol. The Morgan fingerprint density at radius 3 is 2.50 bits per heavy atom. The quantitative estimate of drug-likeness (QED) is 0.618. The van der Waals surface area contributed by atoms with Crippen molar-refractivity contribution in [3.05, 3.63) is 0 Å². The van der Waals surface area contributed by atoms with E-state index >= 15 is 0 Å². The van der Waals surface area contributed by atoms with Gasteiger partial charge < -0.3 is 0 Å². The summed E-state index contributed by atoms with van der Waals surface area (Å²) in [4.78, 5) is 0. The van der Waals surface area contributed by atoms with Crippen LogP contribution in [0.25, 0.3) is 0 Å². The molecule has 6 atom stereocenters. The molecule has 3 fully saturated rings. The van der Waals surface area contributed by atoms with Gasteiger partial charge in [0.25, 0.3) is 0 Å². The molecule has 14 heavy (non-hydrogen) atoms. The topological polar surface area (TPSA) is 26.3 Å². The van der Waals surface area contributed by atoms with Crippen LogP contribution in [0.4, 0.5) is 0 Å². The van der Waals surface area contributed by atoms with Gasteiger partial charge in [-0.05, 0) is 31.1 Å². The van der Waals surface area contributed by atoms with E-state index in [0.29, 0.717) is 11.3 Å². The van der Waals surface area contributed by atoms with Gasteiger partial charge in [0, 0.05) is 5.41 Å².